The molecule has 0 unspecified atom stereocenters. The normalized spacial score (nSPS) is 21.4. The van der Waals surface area contributed by atoms with E-state index in [9.17, 15) is 9.59 Å². The number of hydrogen-bond acceptors (Lipinski definition) is 4. The zero-order valence-corrected chi connectivity index (χ0v) is 15.8. The second-order valence-corrected chi connectivity index (χ2v) is 7.59. The fourth-order valence-electron chi connectivity index (χ4n) is 3.66. The first-order chi connectivity index (χ1) is 12.6. The molecule has 2 amide bonds. The van der Waals surface area contributed by atoms with Gasteiger partial charge in [-0.3, -0.25) is 19.8 Å². The molecule has 1 saturated heterocycles. The monoisotopic (exact) mass is 369 g/mol. The lowest BCUT2D eigenvalue weighted by molar-refractivity contribution is -0.129. The van der Waals surface area contributed by atoms with E-state index in [1.807, 2.05) is 6.07 Å². The quantitative estimate of drug-likeness (QED) is 0.493. The number of unbranched alkanes of at least 4 members (excludes halogenated alkanes) is 1. The van der Waals surface area contributed by atoms with Crippen molar-refractivity contribution in [3.8, 4) is 0 Å². The molecule has 0 bridgehead atoms. The van der Waals surface area contributed by atoms with Gasteiger partial charge >= 0.3 is 0 Å². The van der Waals surface area contributed by atoms with Gasteiger partial charge in [-0.15, -0.1) is 0 Å². The minimum atomic E-state index is -0.401. The van der Waals surface area contributed by atoms with Gasteiger partial charge in [0.15, 0.2) is 5.11 Å². The van der Waals surface area contributed by atoms with Crippen LogP contribution in [0.2, 0.25) is 0 Å². The molecule has 2 fully saturated rings. The highest BCUT2D eigenvalue weighted by atomic mass is 32.1. The molecular weight excluding hydrogens is 346 g/mol. The first-order valence-electron chi connectivity index (χ1n) is 9.37. The van der Waals surface area contributed by atoms with Crippen molar-refractivity contribution < 1.29 is 9.59 Å². The molecule has 3 aliphatic rings. The van der Waals surface area contributed by atoms with E-state index >= 15 is 0 Å². The smallest absolute Gasteiger partial charge is 0.265 e. The zero-order valence-electron chi connectivity index (χ0n) is 15.0. The third-order valence-corrected chi connectivity index (χ3v) is 5.53. The zero-order chi connectivity index (χ0) is 18.3. The maximum atomic E-state index is 12.7. The summed E-state index contributed by atoms with van der Waals surface area (Å²) in [5.41, 5.74) is 3.63. The Morgan fingerprint density at radius 2 is 2.12 bits per heavy atom. The molecule has 0 aromatic heterocycles. The van der Waals surface area contributed by atoms with Crippen LogP contribution in [0.15, 0.2) is 23.8 Å². The Morgan fingerprint density at radius 3 is 2.85 bits per heavy atom. The van der Waals surface area contributed by atoms with E-state index < -0.39 is 5.91 Å². The highest BCUT2D eigenvalue weighted by molar-refractivity contribution is 7.80. The number of carbonyl (C=O) groups is 2. The number of fused-ring (bicyclic) bond motifs is 1. The topological polar surface area (TPSA) is 52.7 Å². The van der Waals surface area contributed by atoms with E-state index in [1.165, 1.54) is 24.1 Å². The molecule has 0 atom stereocenters. The van der Waals surface area contributed by atoms with Gasteiger partial charge in [0.1, 0.15) is 5.57 Å². The summed E-state index contributed by atoms with van der Waals surface area (Å²) in [6, 6.07) is 6.35. The molecule has 4 rings (SSSR count). The first-order valence-corrected chi connectivity index (χ1v) is 9.77. The largest absolute Gasteiger partial charge is 0.371 e. The summed E-state index contributed by atoms with van der Waals surface area (Å²) in [6.45, 7) is 4.33. The predicted octanol–water partition coefficient (Wildman–Crippen LogP) is 2.64. The molecule has 2 heterocycles. The van der Waals surface area contributed by atoms with Crippen LogP contribution in [0.1, 0.15) is 43.7 Å². The Labute approximate surface area is 159 Å². The van der Waals surface area contributed by atoms with Crippen LogP contribution in [0.4, 0.5) is 5.69 Å². The van der Waals surface area contributed by atoms with E-state index in [0.717, 1.165) is 37.9 Å². The van der Waals surface area contributed by atoms with Crippen molar-refractivity contribution in [2.24, 2.45) is 0 Å². The number of nitrogens with zero attached hydrogens (tertiary/aromatic N) is 2. The van der Waals surface area contributed by atoms with Crippen molar-refractivity contribution in [2.75, 3.05) is 18.0 Å². The third-order valence-electron chi connectivity index (χ3n) is 5.23. The number of carbonyl (C=O) groups excluding carboxylic acids is 2. The fourth-order valence-corrected chi connectivity index (χ4v) is 3.99. The molecule has 1 saturated carbocycles. The Morgan fingerprint density at radius 1 is 1.31 bits per heavy atom. The van der Waals surface area contributed by atoms with Gasteiger partial charge in [0.2, 0.25) is 0 Å². The predicted molar refractivity (Wildman–Crippen MR) is 106 cm³/mol. The Hall–Kier alpha value is -2.21. The van der Waals surface area contributed by atoms with Crippen molar-refractivity contribution in [2.45, 2.75) is 45.1 Å². The van der Waals surface area contributed by atoms with Crippen LogP contribution in [0, 0.1) is 0 Å². The van der Waals surface area contributed by atoms with Crippen molar-refractivity contribution in [3.05, 3.63) is 34.9 Å². The van der Waals surface area contributed by atoms with E-state index in [-0.39, 0.29) is 22.6 Å². The van der Waals surface area contributed by atoms with Crippen LogP contribution in [-0.4, -0.2) is 41.0 Å². The van der Waals surface area contributed by atoms with E-state index in [0.29, 0.717) is 0 Å². The summed E-state index contributed by atoms with van der Waals surface area (Å²) in [6.07, 6.45) is 6.98. The van der Waals surface area contributed by atoms with Crippen LogP contribution in [0.3, 0.4) is 0 Å². The third kappa shape index (κ3) is 3.14. The van der Waals surface area contributed by atoms with Crippen molar-refractivity contribution >= 4 is 40.9 Å². The van der Waals surface area contributed by atoms with Crippen molar-refractivity contribution in [1.82, 2.24) is 10.2 Å². The van der Waals surface area contributed by atoms with Crippen LogP contribution in [0.5, 0.6) is 0 Å². The van der Waals surface area contributed by atoms with Crippen LogP contribution < -0.4 is 10.2 Å². The van der Waals surface area contributed by atoms with E-state index in [1.54, 1.807) is 11.0 Å². The van der Waals surface area contributed by atoms with Crippen LogP contribution in [-0.2, 0) is 16.0 Å². The molecule has 1 aromatic carbocycles. The summed E-state index contributed by atoms with van der Waals surface area (Å²) >= 11 is 5.17. The molecule has 136 valence electrons. The molecule has 0 radical (unpaired) electrons. The minimum Gasteiger partial charge on any atom is -0.371 e. The molecule has 1 aliphatic carbocycles. The van der Waals surface area contributed by atoms with Gasteiger partial charge in [0.25, 0.3) is 11.8 Å². The average molecular weight is 369 g/mol. The molecule has 1 aromatic rings. The second kappa shape index (κ2) is 6.83. The Bertz CT molecular complexity index is 813. The molecule has 2 aliphatic heterocycles. The summed E-state index contributed by atoms with van der Waals surface area (Å²) < 4.78 is 0. The SMILES string of the molecule is CCCCN1CCc2cc(C=C3C(=O)NC(=S)N(C4CC4)C3=O)ccc21. The lowest BCUT2D eigenvalue weighted by Gasteiger charge is -2.28. The Kier molecular flexibility index (Phi) is 4.53. The molecule has 6 heteroatoms. The van der Waals surface area contributed by atoms with Crippen LogP contribution in [0.25, 0.3) is 6.08 Å². The Balaban J connectivity index is 1.59. The van der Waals surface area contributed by atoms with Gasteiger partial charge in [0.05, 0.1) is 0 Å². The highest BCUT2D eigenvalue weighted by Gasteiger charge is 2.42. The maximum absolute atomic E-state index is 12.7. The minimum absolute atomic E-state index is 0.145. The van der Waals surface area contributed by atoms with Crippen molar-refractivity contribution in [3.63, 3.8) is 0 Å². The van der Waals surface area contributed by atoms with Gasteiger partial charge in [-0.25, -0.2) is 0 Å². The van der Waals surface area contributed by atoms with E-state index in [2.05, 4.69) is 29.3 Å². The van der Waals surface area contributed by atoms with Gasteiger partial charge in [0, 0.05) is 24.8 Å². The molecule has 26 heavy (non-hydrogen) atoms. The number of anilines is 1. The molecule has 1 N–H and O–H groups in total. The number of benzene rings is 1. The van der Waals surface area contributed by atoms with Crippen LogP contribution >= 0.6 is 12.2 Å². The molecule has 0 spiro atoms. The van der Waals surface area contributed by atoms with Crippen molar-refractivity contribution in [1.29, 1.82) is 0 Å². The maximum Gasteiger partial charge on any atom is 0.265 e. The molecular formula is C20H23N3O2S. The average Bonchev–Trinajstić information content (AvgIpc) is 3.36. The van der Waals surface area contributed by atoms with Gasteiger partial charge < -0.3 is 4.90 Å². The van der Waals surface area contributed by atoms with E-state index in [4.69, 9.17) is 12.2 Å². The number of hydrogen-bond donors (Lipinski definition) is 1. The molecule has 5 nitrogen and oxygen atoms in total. The number of amides is 2. The summed E-state index contributed by atoms with van der Waals surface area (Å²) in [5, 5.41) is 2.89. The first kappa shape index (κ1) is 17.2. The summed E-state index contributed by atoms with van der Waals surface area (Å²) in [5.74, 6) is -0.673. The number of nitrogens with one attached hydrogen (secondary N) is 1. The second-order valence-electron chi connectivity index (χ2n) is 7.20. The van der Waals surface area contributed by atoms with Gasteiger partial charge in [-0.1, -0.05) is 19.4 Å². The fraction of sp³-hybridized carbons (Fsp3) is 0.450. The van der Waals surface area contributed by atoms with Gasteiger partial charge in [-0.05, 0) is 67.2 Å². The number of thiocarbonyl (C=S) groups is 1. The highest BCUT2D eigenvalue weighted by Crippen LogP contribution is 2.32. The lowest BCUT2D eigenvalue weighted by atomic mass is 10.0. The number of rotatable bonds is 5. The summed E-state index contributed by atoms with van der Waals surface area (Å²) in [7, 11) is 0. The lowest BCUT2D eigenvalue weighted by Crippen LogP contribution is -2.54. The summed E-state index contributed by atoms with van der Waals surface area (Å²) in [4.78, 5) is 29.0. The standard InChI is InChI=1S/C20H23N3O2S/c1-2-3-9-22-10-8-14-11-13(4-7-17(14)22)12-16-18(24)21-20(26)23(19(16)25)15-5-6-15/h4,7,11-12,15H,2-3,5-6,8-10H2,1H3,(H,21,24,26). The van der Waals surface area contributed by atoms with Gasteiger partial charge in [-0.2, -0.15) is 0 Å².